The zero-order chi connectivity index (χ0) is 13.6. The molecule has 1 aliphatic rings. The average molecular weight is 260 g/mol. The summed E-state index contributed by atoms with van der Waals surface area (Å²) < 4.78 is 18.8. The lowest BCUT2D eigenvalue weighted by molar-refractivity contribution is -0.138. The Morgan fingerprint density at radius 3 is 2.79 bits per heavy atom. The van der Waals surface area contributed by atoms with E-state index in [-0.39, 0.29) is 17.7 Å². The summed E-state index contributed by atoms with van der Waals surface area (Å²) in [5.74, 6) is -0.0444. The predicted molar refractivity (Wildman–Crippen MR) is 67.3 cm³/mol. The summed E-state index contributed by atoms with van der Waals surface area (Å²) in [6.07, 6.45) is 0.630. The maximum Gasteiger partial charge on any atom is 0.307 e. The molecule has 1 aromatic heterocycles. The molecule has 0 unspecified atom stereocenters. The van der Waals surface area contributed by atoms with Crippen molar-refractivity contribution in [3.05, 3.63) is 47.5 Å². The van der Waals surface area contributed by atoms with Crippen molar-refractivity contribution in [2.24, 2.45) is 5.92 Å². The third kappa shape index (κ3) is 2.14. The van der Waals surface area contributed by atoms with E-state index in [1.165, 1.54) is 12.1 Å². The third-order valence-electron chi connectivity index (χ3n) is 3.55. The van der Waals surface area contributed by atoms with Gasteiger partial charge in [0, 0.05) is 11.5 Å². The molecule has 3 nitrogen and oxygen atoms in total. The molecule has 1 aromatic carbocycles. The summed E-state index contributed by atoms with van der Waals surface area (Å²) in [6.45, 7) is 1.82. The molecule has 0 bridgehead atoms. The average Bonchev–Trinajstić information content (AvgIpc) is 3.01. The van der Waals surface area contributed by atoms with Gasteiger partial charge in [-0.15, -0.1) is 0 Å². The minimum absolute atomic E-state index is 0.0213. The lowest BCUT2D eigenvalue weighted by atomic mass is 10.1. The smallest absolute Gasteiger partial charge is 0.307 e. The molecule has 1 heterocycles. The van der Waals surface area contributed by atoms with E-state index < -0.39 is 5.97 Å². The van der Waals surface area contributed by atoms with E-state index in [1.54, 1.807) is 6.07 Å². The van der Waals surface area contributed by atoms with Gasteiger partial charge in [0.1, 0.15) is 17.3 Å². The van der Waals surface area contributed by atoms with E-state index in [2.05, 4.69) is 0 Å². The Morgan fingerprint density at radius 1 is 1.37 bits per heavy atom. The van der Waals surface area contributed by atoms with E-state index in [4.69, 9.17) is 9.52 Å². The SMILES string of the molecule is Cc1cc(F)ccc1-c1ccc([C@@H]2C[C@@H]2C(=O)O)o1. The first-order chi connectivity index (χ1) is 9.06. The molecule has 2 aromatic rings. The predicted octanol–water partition coefficient (Wildman–Crippen LogP) is 3.58. The highest BCUT2D eigenvalue weighted by atomic mass is 19.1. The van der Waals surface area contributed by atoms with Crippen molar-refractivity contribution >= 4 is 5.97 Å². The van der Waals surface area contributed by atoms with Gasteiger partial charge in [-0.05, 0) is 49.2 Å². The summed E-state index contributed by atoms with van der Waals surface area (Å²) in [7, 11) is 0. The van der Waals surface area contributed by atoms with Gasteiger partial charge in [-0.2, -0.15) is 0 Å². The van der Waals surface area contributed by atoms with E-state index in [9.17, 15) is 9.18 Å². The fourth-order valence-corrected chi connectivity index (χ4v) is 2.38. The summed E-state index contributed by atoms with van der Waals surface area (Å²) in [4.78, 5) is 10.8. The quantitative estimate of drug-likeness (QED) is 0.917. The molecule has 0 spiro atoms. The summed E-state index contributed by atoms with van der Waals surface area (Å²) in [5, 5.41) is 8.90. The Bertz CT molecular complexity index is 645. The van der Waals surface area contributed by atoms with Gasteiger partial charge in [-0.1, -0.05) is 0 Å². The van der Waals surface area contributed by atoms with Gasteiger partial charge < -0.3 is 9.52 Å². The molecule has 1 saturated carbocycles. The second-order valence-electron chi connectivity index (χ2n) is 4.95. The highest BCUT2D eigenvalue weighted by Gasteiger charge is 2.46. The number of carboxylic acid groups (broad SMARTS) is 1. The maximum absolute atomic E-state index is 13.1. The molecule has 0 aliphatic heterocycles. The number of rotatable bonds is 3. The van der Waals surface area contributed by atoms with Crippen LogP contribution in [-0.4, -0.2) is 11.1 Å². The Balaban J connectivity index is 1.88. The van der Waals surface area contributed by atoms with Crippen LogP contribution in [0.15, 0.2) is 34.7 Å². The van der Waals surface area contributed by atoms with Crippen LogP contribution >= 0.6 is 0 Å². The van der Waals surface area contributed by atoms with E-state index in [1.807, 2.05) is 19.1 Å². The summed E-state index contributed by atoms with van der Waals surface area (Å²) in [5.41, 5.74) is 1.63. The fraction of sp³-hybridized carbons (Fsp3) is 0.267. The van der Waals surface area contributed by atoms with Crippen LogP contribution in [0.2, 0.25) is 0 Å². The molecule has 1 aliphatic carbocycles. The molecule has 1 N–H and O–H groups in total. The van der Waals surface area contributed by atoms with Crippen molar-refractivity contribution < 1.29 is 18.7 Å². The number of halogens is 1. The Labute approximate surface area is 109 Å². The van der Waals surface area contributed by atoms with Gasteiger partial charge >= 0.3 is 5.97 Å². The Hall–Kier alpha value is -2.10. The lowest BCUT2D eigenvalue weighted by Crippen LogP contribution is -1.98. The van der Waals surface area contributed by atoms with Gasteiger partial charge in [0.25, 0.3) is 0 Å². The van der Waals surface area contributed by atoms with Gasteiger partial charge in [0.05, 0.1) is 5.92 Å². The second-order valence-corrected chi connectivity index (χ2v) is 4.95. The van der Waals surface area contributed by atoms with E-state index >= 15 is 0 Å². The number of carboxylic acids is 1. The monoisotopic (exact) mass is 260 g/mol. The summed E-state index contributed by atoms with van der Waals surface area (Å²) in [6, 6.07) is 8.14. The number of hydrogen-bond donors (Lipinski definition) is 1. The van der Waals surface area contributed by atoms with Crippen LogP contribution in [0.1, 0.15) is 23.7 Å². The fourth-order valence-electron chi connectivity index (χ4n) is 2.38. The van der Waals surface area contributed by atoms with Gasteiger partial charge in [-0.3, -0.25) is 4.79 Å². The van der Waals surface area contributed by atoms with Crippen molar-refractivity contribution in [3.63, 3.8) is 0 Å². The molecule has 4 heteroatoms. The molecule has 19 heavy (non-hydrogen) atoms. The number of aryl methyl sites for hydroxylation is 1. The molecule has 0 amide bonds. The van der Waals surface area contributed by atoms with Crippen LogP contribution in [0.25, 0.3) is 11.3 Å². The van der Waals surface area contributed by atoms with Crippen molar-refractivity contribution in [2.75, 3.05) is 0 Å². The first kappa shape index (κ1) is 12.0. The largest absolute Gasteiger partial charge is 0.481 e. The first-order valence-corrected chi connectivity index (χ1v) is 6.15. The van der Waals surface area contributed by atoms with E-state index in [0.29, 0.717) is 17.9 Å². The maximum atomic E-state index is 13.1. The van der Waals surface area contributed by atoms with Crippen LogP contribution in [0.4, 0.5) is 4.39 Å². The topological polar surface area (TPSA) is 50.4 Å². The van der Waals surface area contributed by atoms with Crippen molar-refractivity contribution in [3.8, 4) is 11.3 Å². The third-order valence-corrected chi connectivity index (χ3v) is 3.55. The van der Waals surface area contributed by atoms with Crippen LogP contribution in [0.5, 0.6) is 0 Å². The normalized spacial score (nSPS) is 21.4. The highest BCUT2D eigenvalue weighted by molar-refractivity contribution is 5.75. The first-order valence-electron chi connectivity index (χ1n) is 6.15. The highest BCUT2D eigenvalue weighted by Crippen LogP contribution is 2.48. The van der Waals surface area contributed by atoms with E-state index in [0.717, 1.165) is 11.1 Å². The van der Waals surface area contributed by atoms with Crippen LogP contribution < -0.4 is 0 Å². The molecular weight excluding hydrogens is 247 g/mol. The minimum atomic E-state index is -0.777. The minimum Gasteiger partial charge on any atom is -0.481 e. The molecule has 0 saturated heterocycles. The molecule has 2 atom stereocenters. The molecular formula is C15H13FO3. The van der Waals surface area contributed by atoms with Crippen LogP contribution in [0, 0.1) is 18.7 Å². The zero-order valence-corrected chi connectivity index (χ0v) is 10.4. The van der Waals surface area contributed by atoms with Crippen LogP contribution in [0.3, 0.4) is 0 Å². The standard InChI is InChI=1S/C15H13FO3/c1-8-6-9(16)2-3-10(8)13-4-5-14(19-13)11-7-12(11)15(17)18/h2-6,11-12H,7H2,1H3,(H,17,18)/t11-,12+/m1/s1. The second kappa shape index (κ2) is 4.23. The summed E-state index contributed by atoms with van der Waals surface area (Å²) >= 11 is 0. The molecule has 98 valence electrons. The van der Waals surface area contributed by atoms with Crippen molar-refractivity contribution in [1.82, 2.24) is 0 Å². The number of benzene rings is 1. The Morgan fingerprint density at radius 2 is 2.16 bits per heavy atom. The zero-order valence-electron chi connectivity index (χ0n) is 10.4. The van der Waals surface area contributed by atoms with Crippen molar-refractivity contribution in [2.45, 2.75) is 19.3 Å². The van der Waals surface area contributed by atoms with Crippen LogP contribution in [-0.2, 0) is 4.79 Å². The van der Waals surface area contributed by atoms with Crippen molar-refractivity contribution in [1.29, 1.82) is 0 Å². The van der Waals surface area contributed by atoms with Gasteiger partial charge in [0.15, 0.2) is 0 Å². The number of furan rings is 1. The number of carbonyl (C=O) groups is 1. The molecule has 3 rings (SSSR count). The van der Waals surface area contributed by atoms with Gasteiger partial charge in [-0.25, -0.2) is 4.39 Å². The number of hydrogen-bond acceptors (Lipinski definition) is 2. The molecule has 1 fully saturated rings. The lowest BCUT2D eigenvalue weighted by Gasteiger charge is -2.02. The Kier molecular flexibility index (Phi) is 2.66. The molecule has 0 radical (unpaired) electrons. The van der Waals surface area contributed by atoms with Gasteiger partial charge in [0.2, 0.25) is 0 Å². The number of aliphatic carboxylic acids is 1.